The van der Waals surface area contributed by atoms with E-state index in [1.54, 1.807) is 0 Å². The van der Waals surface area contributed by atoms with Crippen LogP contribution in [0.5, 0.6) is 0 Å². The smallest absolute Gasteiger partial charge is 0.143 e. The number of furan rings is 1. The predicted octanol–water partition coefficient (Wildman–Crippen LogP) is 14.9. The van der Waals surface area contributed by atoms with Gasteiger partial charge in [0.25, 0.3) is 0 Å². The summed E-state index contributed by atoms with van der Waals surface area (Å²) in [4.78, 5) is 2.40. The zero-order valence-corrected chi connectivity index (χ0v) is 29.6. The van der Waals surface area contributed by atoms with Gasteiger partial charge < -0.3 is 9.32 Å². The number of fused-ring (bicyclic) bond motifs is 5. The molecule has 0 atom stereocenters. The van der Waals surface area contributed by atoms with E-state index in [2.05, 4.69) is 217 Å². The molecule has 2 nitrogen and oxygen atoms in total. The van der Waals surface area contributed by atoms with E-state index in [0.29, 0.717) is 0 Å². The Bertz CT molecular complexity index is 2910. The van der Waals surface area contributed by atoms with Gasteiger partial charge in [-0.05, 0) is 87.0 Å². The maximum Gasteiger partial charge on any atom is 0.143 e. The first-order chi connectivity index (χ1) is 26.8. The van der Waals surface area contributed by atoms with Gasteiger partial charge in [0.1, 0.15) is 11.2 Å². The molecule has 0 saturated heterocycles. The van der Waals surface area contributed by atoms with Crippen molar-refractivity contribution in [3.8, 4) is 44.5 Å². The van der Waals surface area contributed by atoms with Crippen LogP contribution in [0.2, 0.25) is 0 Å². The summed E-state index contributed by atoms with van der Waals surface area (Å²) < 4.78 is 6.81. The van der Waals surface area contributed by atoms with E-state index in [1.807, 2.05) is 0 Å². The zero-order valence-electron chi connectivity index (χ0n) is 29.6. The lowest BCUT2D eigenvalue weighted by molar-refractivity contribution is 0.673. The third kappa shape index (κ3) is 5.62. The highest BCUT2D eigenvalue weighted by Gasteiger charge is 2.22. The molecule has 0 bridgehead atoms. The monoisotopic (exact) mass is 689 g/mol. The van der Waals surface area contributed by atoms with Crippen molar-refractivity contribution in [3.05, 3.63) is 212 Å². The van der Waals surface area contributed by atoms with E-state index in [0.717, 1.165) is 60.9 Å². The molecule has 0 spiro atoms. The molecule has 0 amide bonds. The highest BCUT2D eigenvalue weighted by atomic mass is 16.3. The highest BCUT2D eigenvalue weighted by molar-refractivity contribution is 6.22. The molecule has 10 rings (SSSR count). The quantitative estimate of drug-likeness (QED) is 0.166. The second kappa shape index (κ2) is 13.4. The molecule has 54 heavy (non-hydrogen) atoms. The van der Waals surface area contributed by atoms with Crippen LogP contribution >= 0.6 is 0 Å². The maximum absolute atomic E-state index is 6.81. The van der Waals surface area contributed by atoms with E-state index in [1.165, 1.54) is 33.4 Å². The Morgan fingerprint density at radius 2 is 0.833 bits per heavy atom. The minimum absolute atomic E-state index is 0.875. The molecule has 2 heteroatoms. The van der Waals surface area contributed by atoms with Gasteiger partial charge in [0.2, 0.25) is 0 Å². The number of hydrogen-bond donors (Lipinski definition) is 0. The molecule has 1 heterocycles. The Morgan fingerprint density at radius 1 is 0.315 bits per heavy atom. The van der Waals surface area contributed by atoms with E-state index in [9.17, 15) is 0 Å². The van der Waals surface area contributed by atoms with Gasteiger partial charge in [-0.15, -0.1) is 0 Å². The van der Waals surface area contributed by atoms with E-state index in [4.69, 9.17) is 4.42 Å². The molecule has 10 aromatic rings. The highest BCUT2D eigenvalue weighted by Crippen LogP contribution is 2.47. The maximum atomic E-state index is 6.81. The lowest BCUT2D eigenvalue weighted by Gasteiger charge is -2.28. The lowest BCUT2D eigenvalue weighted by atomic mass is 9.94. The van der Waals surface area contributed by atoms with Crippen molar-refractivity contribution in [3.63, 3.8) is 0 Å². The fraction of sp³-hybridized carbons (Fsp3) is 0. The average molecular weight is 690 g/mol. The molecule has 1 aromatic heterocycles. The molecule has 0 fully saturated rings. The van der Waals surface area contributed by atoms with Gasteiger partial charge in [0.15, 0.2) is 0 Å². The Kier molecular flexibility index (Phi) is 7.85. The third-order valence-corrected chi connectivity index (χ3v) is 10.4. The van der Waals surface area contributed by atoms with Gasteiger partial charge in [0, 0.05) is 32.9 Å². The topological polar surface area (TPSA) is 16.4 Å². The Labute approximate surface area is 314 Å². The summed E-state index contributed by atoms with van der Waals surface area (Å²) in [5.74, 6) is 0. The van der Waals surface area contributed by atoms with Gasteiger partial charge >= 0.3 is 0 Å². The minimum Gasteiger partial charge on any atom is -0.455 e. The number of benzene rings is 9. The van der Waals surface area contributed by atoms with Gasteiger partial charge in [-0.25, -0.2) is 0 Å². The summed E-state index contributed by atoms with van der Waals surface area (Å²) in [7, 11) is 0. The van der Waals surface area contributed by atoms with Crippen molar-refractivity contribution >= 4 is 49.8 Å². The van der Waals surface area contributed by atoms with Crippen LogP contribution in [-0.2, 0) is 0 Å². The van der Waals surface area contributed by atoms with Crippen LogP contribution in [0.25, 0.3) is 77.2 Å². The third-order valence-electron chi connectivity index (χ3n) is 10.4. The summed E-state index contributed by atoms with van der Waals surface area (Å²) >= 11 is 0. The van der Waals surface area contributed by atoms with Gasteiger partial charge in [-0.2, -0.15) is 0 Å². The Balaban J connectivity index is 1.22. The van der Waals surface area contributed by atoms with Crippen molar-refractivity contribution < 1.29 is 4.42 Å². The predicted molar refractivity (Wildman–Crippen MR) is 228 cm³/mol. The van der Waals surface area contributed by atoms with Crippen molar-refractivity contribution in [2.75, 3.05) is 4.90 Å². The Hall–Kier alpha value is -7.16. The van der Waals surface area contributed by atoms with Crippen molar-refractivity contribution in [2.45, 2.75) is 0 Å². The first-order valence-electron chi connectivity index (χ1n) is 18.4. The molecule has 0 aliphatic heterocycles. The van der Waals surface area contributed by atoms with Crippen molar-refractivity contribution in [2.24, 2.45) is 0 Å². The summed E-state index contributed by atoms with van der Waals surface area (Å²) in [6.45, 7) is 0. The second-order valence-corrected chi connectivity index (χ2v) is 13.7. The molecule has 254 valence electrons. The first-order valence-corrected chi connectivity index (χ1v) is 18.4. The number of nitrogens with zero attached hydrogens (tertiary/aromatic N) is 1. The minimum atomic E-state index is 0.875. The van der Waals surface area contributed by atoms with Crippen LogP contribution in [-0.4, -0.2) is 0 Å². The Morgan fingerprint density at radius 3 is 1.52 bits per heavy atom. The van der Waals surface area contributed by atoms with Crippen molar-refractivity contribution in [1.82, 2.24) is 0 Å². The van der Waals surface area contributed by atoms with E-state index < -0.39 is 0 Å². The van der Waals surface area contributed by atoms with Crippen LogP contribution in [0.4, 0.5) is 17.1 Å². The first kappa shape index (κ1) is 31.6. The van der Waals surface area contributed by atoms with Crippen LogP contribution < -0.4 is 4.90 Å². The molecule has 0 aliphatic carbocycles. The molecular weight excluding hydrogens is 655 g/mol. The SMILES string of the molecule is c1ccc(-c2ccc(N(c3cccc(-c4ccccc4)c3)c3cc4c(oc5cccc(-c6cccc(-c7ccccc7)c6)c54)c4ccccc34)cc2)cc1. The molecule has 9 aromatic carbocycles. The fourth-order valence-electron chi connectivity index (χ4n) is 7.87. The number of hydrogen-bond acceptors (Lipinski definition) is 2. The summed E-state index contributed by atoms with van der Waals surface area (Å²) in [6, 6.07) is 75.8. The molecule has 0 unspecified atom stereocenters. The summed E-state index contributed by atoms with van der Waals surface area (Å²) in [6.07, 6.45) is 0. The van der Waals surface area contributed by atoms with Crippen LogP contribution in [0.3, 0.4) is 0 Å². The molecule has 0 radical (unpaired) electrons. The normalized spacial score (nSPS) is 11.3. The van der Waals surface area contributed by atoms with Crippen LogP contribution in [0, 0.1) is 0 Å². The summed E-state index contributed by atoms with van der Waals surface area (Å²) in [5, 5.41) is 4.40. The van der Waals surface area contributed by atoms with Gasteiger partial charge in [0.05, 0.1) is 5.69 Å². The molecule has 0 aliphatic rings. The van der Waals surface area contributed by atoms with Crippen LogP contribution in [0.1, 0.15) is 0 Å². The largest absolute Gasteiger partial charge is 0.455 e. The van der Waals surface area contributed by atoms with Crippen LogP contribution in [0.15, 0.2) is 217 Å². The fourth-order valence-corrected chi connectivity index (χ4v) is 7.87. The average Bonchev–Trinajstić information content (AvgIpc) is 3.64. The molecule has 0 N–H and O–H groups in total. The van der Waals surface area contributed by atoms with E-state index in [-0.39, 0.29) is 0 Å². The van der Waals surface area contributed by atoms with Gasteiger partial charge in [-0.1, -0.05) is 170 Å². The standard InChI is InChI=1S/C52H35NO/c1-4-15-36(16-5-1)39-29-31-43(32-30-39)53(44-24-13-22-41(34-44)38-19-8-3-9-20-38)49-35-48-51-45(42-23-12-21-40(33-42)37-17-6-2-7-18-37)27-14-28-50(51)54-52(48)47-26-11-10-25-46(47)49/h1-35H. The number of rotatable bonds is 7. The second-order valence-electron chi connectivity index (χ2n) is 13.7. The molecular formula is C52H35NO. The van der Waals surface area contributed by atoms with E-state index >= 15 is 0 Å². The number of anilines is 3. The lowest BCUT2D eigenvalue weighted by Crippen LogP contribution is -2.10. The van der Waals surface area contributed by atoms with Crippen molar-refractivity contribution in [1.29, 1.82) is 0 Å². The summed E-state index contributed by atoms with van der Waals surface area (Å²) in [5.41, 5.74) is 14.4. The zero-order chi connectivity index (χ0) is 35.8. The molecule has 0 saturated carbocycles. The van der Waals surface area contributed by atoms with Gasteiger partial charge in [-0.3, -0.25) is 0 Å².